The number of nitrogens with one attached hydrogen (secondary N) is 1. The molecule has 1 fully saturated rings. The highest BCUT2D eigenvalue weighted by molar-refractivity contribution is 7.12. The predicted molar refractivity (Wildman–Crippen MR) is 83.4 cm³/mol. The molecule has 0 radical (unpaired) electrons. The van der Waals surface area contributed by atoms with Crippen molar-refractivity contribution >= 4 is 28.8 Å². The van der Waals surface area contributed by atoms with Crippen LogP contribution in [0.15, 0.2) is 41.8 Å². The number of halogens is 1. The summed E-state index contributed by atoms with van der Waals surface area (Å²) in [7, 11) is 0. The number of para-hydroxylation sites is 1. The molecule has 1 aliphatic rings. The van der Waals surface area contributed by atoms with Gasteiger partial charge in [-0.1, -0.05) is 18.2 Å². The van der Waals surface area contributed by atoms with Gasteiger partial charge in [0.2, 0.25) is 5.91 Å². The van der Waals surface area contributed by atoms with Crippen LogP contribution in [0, 0.1) is 5.82 Å². The Morgan fingerprint density at radius 2 is 2.05 bits per heavy atom. The molecule has 1 atom stereocenters. The van der Waals surface area contributed by atoms with Gasteiger partial charge in [-0.3, -0.25) is 9.59 Å². The van der Waals surface area contributed by atoms with Gasteiger partial charge in [0.25, 0.3) is 5.91 Å². The molecule has 0 unspecified atom stereocenters. The molecule has 114 valence electrons. The van der Waals surface area contributed by atoms with Crippen LogP contribution < -0.4 is 5.32 Å². The monoisotopic (exact) mass is 318 g/mol. The van der Waals surface area contributed by atoms with E-state index < -0.39 is 11.9 Å². The van der Waals surface area contributed by atoms with Gasteiger partial charge in [-0.05, 0) is 36.4 Å². The SMILES string of the molecule is O=C(Nc1ccccc1F)[C@H]1CCCN1C(=O)c1cccs1. The third kappa shape index (κ3) is 2.87. The minimum absolute atomic E-state index is 0.138. The molecular weight excluding hydrogens is 303 g/mol. The third-order valence-electron chi connectivity index (χ3n) is 3.68. The number of anilines is 1. The lowest BCUT2D eigenvalue weighted by atomic mass is 10.2. The van der Waals surface area contributed by atoms with E-state index in [1.807, 2.05) is 11.4 Å². The van der Waals surface area contributed by atoms with Crippen molar-refractivity contribution in [1.82, 2.24) is 4.90 Å². The van der Waals surface area contributed by atoms with E-state index in [2.05, 4.69) is 5.32 Å². The Balaban J connectivity index is 1.74. The molecule has 0 bridgehead atoms. The van der Waals surface area contributed by atoms with E-state index in [1.165, 1.54) is 23.5 Å². The Labute approximate surface area is 131 Å². The highest BCUT2D eigenvalue weighted by atomic mass is 32.1. The van der Waals surface area contributed by atoms with Gasteiger partial charge in [0.05, 0.1) is 10.6 Å². The molecule has 0 spiro atoms. The molecule has 1 saturated heterocycles. The van der Waals surface area contributed by atoms with Gasteiger partial charge in [-0.25, -0.2) is 4.39 Å². The van der Waals surface area contributed by atoms with Gasteiger partial charge < -0.3 is 10.2 Å². The van der Waals surface area contributed by atoms with E-state index in [9.17, 15) is 14.0 Å². The summed E-state index contributed by atoms with van der Waals surface area (Å²) in [6.45, 7) is 0.548. The van der Waals surface area contributed by atoms with E-state index in [0.717, 1.165) is 6.42 Å². The minimum atomic E-state index is -0.547. The quantitative estimate of drug-likeness (QED) is 0.945. The zero-order valence-electron chi connectivity index (χ0n) is 11.8. The number of hydrogen-bond donors (Lipinski definition) is 1. The van der Waals surface area contributed by atoms with Gasteiger partial charge in [0, 0.05) is 6.54 Å². The lowest BCUT2D eigenvalue weighted by molar-refractivity contribution is -0.119. The minimum Gasteiger partial charge on any atom is -0.326 e. The highest BCUT2D eigenvalue weighted by Crippen LogP contribution is 2.24. The van der Waals surface area contributed by atoms with Crippen molar-refractivity contribution < 1.29 is 14.0 Å². The van der Waals surface area contributed by atoms with Crippen molar-refractivity contribution in [3.8, 4) is 0 Å². The number of nitrogens with zero attached hydrogens (tertiary/aromatic N) is 1. The zero-order chi connectivity index (χ0) is 15.5. The van der Waals surface area contributed by atoms with Crippen LogP contribution in [-0.4, -0.2) is 29.3 Å². The molecule has 2 aromatic rings. The molecule has 1 aromatic carbocycles. The standard InChI is InChI=1S/C16H15FN2O2S/c17-11-5-1-2-6-12(11)18-15(20)13-7-3-9-19(13)16(21)14-8-4-10-22-14/h1-2,4-6,8,10,13H,3,7,9H2,(H,18,20)/t13-/m1/s1. The topological polar surface area (TPSA) is 49.4 Å². The number of likely N-dealkylation sites (tertiary alicyclic amines) is 1. The summed E-state index contributed by atoms with van der Waals surface area (Å²) in [6, 6.07) is 9.02. The smallest absolute Gasteiger partial charge is 0.264 e. The molecule has 1 aliphatic heterocycles. The molecule has 2 amide bonds. The Morgan fingerprint density at radius 3 is 2.77 bits per heavy atom. The Morgan fingerprint density at radius 1 is 1.23 bits per heavy atom. The molecule has 0 saturated carbocycles. The van der Waals surface area contributed by atoms with Gasteiger partial charge in [-0.15, -0.1) is 11.3 Å². The number of amides is 2. The van der Waals surface area contributed by atoms with Gasteiger partial charge in [0.15, 0.2) is 0 Å². The third-order valence-corrected chi connectivity index (χ3v) is 4.54. The number of rotatable bonds is 3. The fourth-order valence-electron chi connectivity index (χ4n) is 2.60. The van der Waals surface area contributed by atoms with Crippen LogP contribution in [0.5, 0.6) is 0 Å². The summed E-state index contributed by atoms with van der Waals surface area (Å²) in [5.74, 6) is -0.960. The molecule has 1 N–H and O–H groups in total. The first-order valence-corrected chi connectivity index (χ1v) is 7.94. The van der Waals surface area contributed by atoms with Crippen LogP contribution in [0.4, 0.5) is 10.1 Å². The van der Waals surface area contributed by atoms with Gasteiger partial charge in [0.1, 0.15) is 11.9 Å². The van der Waals surface area contributed by atoms with Crippen molar-refractivity contribution in [2.24, 2.45) is 0 Å². The molecule has 3 rings (SSSR count). The van der Waals surface area contributed by atoms with E-state index in [0.29, 0.717) is 17.8 Å². The van der Waals surface area contributed by atoms with E-state index in [1.54, 1.807) is 23.1 Å². The normalized spacial score (nSPS) is 17.5. The van der Waals surface area contributed by atoms with Crippen LogP contribution in [0.1, 0.15) is 22.5 Å². The lowest BCUT2D eigenvalue weighted by Gasteiger charge is -2.23. The molecule has 4 nitrogen and oxygen atoms in total. The number of thiophene rings is 1. The van der Waals surface area contributed by atoms with Crippen molar-refractivity contribution in [2.45, 2.75) is 18.9 Å². The summed E-state index contributed by atoms with van der Waals surface area (Å²) in [6.07, 6.45) is 1.36. The van der Waals surface area contributed by atoms with Crippen molar-refractivity contribution in [3.63, 3.8) is 0 Å². The Kier molecular flexibility index (Phi) is 4.20. The summed E-state index contributed by atoms with van der Waals surface area (Å²) in [5.41, 5.74) is 0.142. The summed E-state index contributed by atoms with van der Waals surface area (Å²) >= 11 is 1.36. The van der Waals surface area contributed by atoms with Crippen LogP contribution in [-0.2, 0) is 4.79 Å². The van der Waals surface area contributed by atoms with E-state index in [-0.39, 0.29) is 17.5 Å². The van der Waals surface area contributed by atoms with Crippen molar-refractivity contribution in [1.29, 1.82) is 0 Å². The van der Waals surface area contributed by atoms with E-state index >= 15 is 0 Å². The fraction of sp³-hybridized carbons (Fsp3) is 0.250. The largest absolute Gasteiger partial charge is 0.326 e. The van der Waals surface area contributed by atoms with Crippen LogP contribution in [0.25, 0.3) is 0 Å². The second-order valence-electron chi connectivity index (χ2n) is 5.10. The fourth-order valence-corrected chi connectivity index (χ4v) is 3.28. The molecule has 22 heavy (non-hydrogen) atoms. The first kappa shape index (κ1) is 14.7. The van der Waals surface area contributed by atoms with Crippen molar-refractivity contribution in [3.05, 3.63) is 52.5 Å². The average molecular weight is 318 g/mol. The van der Waals surface area contributed by atoms with Crippen LogP contribution in [0.2, 0.25) is 0 Å². The first-order chi connectivity index (χ1) is 10.7. The lowest BCUT2D eigenvalue weighted by Crippen LogP contribution is -2.43. The summed E-state index contributed by atoms with van der Waals surface area (Å²) in [5, 5.41) is 4.41. The Hall–Kier alpha value is -2.21. The van der Waals surface area contributed by atoms with Gasteiger partial charge >= 0.3 is 0 Å². The molecule has 1 aromatic heterocycles. The molecule has 0 aliphatic carbocycles. The molecular formula is C16H15FN2O2S. The maximum Gasteiger partial charge on any atom is 0.264 e. The Bertz CT molecular complexity index is 687. The second-order valence-corrected chi connectivity index (χ2v) is 6.05. The first-order valence-electron chi connectivity index (χ1n) is 7.06. The van der Waals surface area contributed by atoms with E-state index in [4.69, 9.17) is 0 Å². The molecule has 6 heteroatoms. The summed E-state index contributed by atoms with van der Waals surface area (Å²) in [4.78, 5) is 27.0. The van der Waals surface area contributed by atoms with Crippen LogP contribution >= 0.6 is 11.3 Å². The average Bonchev–Trinajstić information content (AvgIpc) is 3.20. The second kappa shape index (κ2) is 6.27. The number of carbonyl (C=O) groups is 2. The number of carbonyl (C=O) groups excluding carboxylic acids is 2. The van der Waals surface area contributed by atoms with Crippen molar-refractivity contribution in [2.75, 3.05) is 11.9 Å². The predicted octanol–water partition coefficient (Wildman–Crippen LogP) is 3.13. The maximum absolute atomic E-state index is 13.6. The maximum atomic E-state index is 13.6. The highest BCUT2D eigenvalue weighted by Gasteiger charge is 2.35. The summed E-state index contributed by atoms with van der Waals surface area (Å²) < 4.78 is 13.6. The molecule has 2 heterocycles. The zero-order valence-corrected chi connectivity index (χ0v) is 12.6. The van der Waals surface area contributed by atoms with Gasteiger partial charge in [-0.2, -0.15) is 0 Å². The van der Waals surface area contributed by atoms with Crippen LogP contribution in [0.3, 0.4) is 0 Å². The number of hydrogen-bond acceptors (Lipinski definition) is 3. The number of benzene rings is 1.